The van der Waals surface area contributed by atoms with Gasteiger partial charge in [-0.2, -0.15) is 5.10 Å². The summed E-state index contributed by atoms with van der Waals surface area (Å²) in [6.45, 7) is 1.97. The molecule has 0 fully saturated rings. The van der Waals surface area contributed by atoms with Gasteiger partial charge in [0.15, 0.2) is 0 Å². The zero-order valence-corrected chi connectivity index (χ0v) is 13.7. The molecule has 0 saturated carbocycles. The standard InChI is InChI=1S/C16H13Cl2N3O2/c1-10-5-7-11(8-6-10)9-19-21-16(23)15(22)20-13-4-2-3-12(17)14(13)18/h2-9H,1H3,(H,20,22)(H,21,23)/b19-9-. The Morgan fingerprint density at radius 2 is 1.74 bits per heavy atom. The van der Waals surface area contributed by atoms with E-state index in [1.165, 1.54) is 12.3 Å². The predicted molar refractivity (Wildman–Crippen MR) is 92.0 cm³/mol. The van der Waals surface area contributed by atoms with E-state index in [2.05, 4.69) is 15.8 Å². The first-order chi connectivity index (χ1) is 11.0. The maximum Gasteiger partial charge on any atom is 0.329 e. The van der Waals surface area contributed by atoms with Crippen molar-refractivity contribution in [2.24, 2.45) is 5.10 Å². The molecular formula is C16H13Cl2N3O2. The minimum absolute atomic E-state index is 0.165. The summed E-state index contributed by atoms with van der Waals surface area (Å²) in [5, 5.41) is 6.54. The highest BCUT2D eigenvalue weighted by molar-refractivity contribution is 6.45. The van der Waals surface area contributed by atoms with Crippen molar-refractivity contribution in [3.63, 3.8) is 0 Å². The molecule has 2 aromatic carbocycles. The van der Waals surface area contributed by atoms with Crippen molar-refractivity contribution in [1.29, 1.82) is 0 Å². The molecule has 2 rings (SSSR count). The minimum Gasteiger partial charge on any atom is -0.316 e. The molecule has 118 valence electrons. The highest BCUT2D eigenvalue weighted by Crippen LogP contribution is 2.29. The first kappa shape index (κ1) is 17.0. The average molecular weight is 350 g/mol. The number of rotatable bonds is 3. The summed E-state index contributed by atoms with van der Waals surface area (Å²) in [6.07, 6.45) is 1.44. The Balaban J connectivity index is 1.94. The van der Waals surface area contributed by atoms with E-state index in [0.717, 1.165) is 11.1 Å². The number of amides is 2. The van der Waals surface area contributed by atoms with E-state index >= 15 is 0 Å². The van der Waals surface area contributed by atoms with Crippen LogP contribution < -0.4 is 10.7 Å². The number of hydrazone groups is 1. The van der Waals surface area contributed by atoms with Gasteiger partial charge in [-0.1, -0.05) is 59.1 Å². The molecule has 23 heavy (non-hydrogen) atoms. The van der Waals surface area contributed by atoms with E-state index in [9.17, 15) is 9.59 Å². The maximum atomic E-state index is 11.8. The van der Waals surface area contributed by atoms with Gasteiger partial charge in [0, 0.05) is 0 Å². The molecule has 0 aliphatic rings. The van der Waals surface area contributed by atoms with Crippen molar-refractivity contribution in [3.8, 4) is 0 Å². The summed E-state index contributed by atoms with van der Waals surface area (Å²) in [6, 6.07) is 12.2. The fourth-order valence-corrected chi connectivity index (χ4v) is 2.00. The van der Waals surface area contributed by atoms with Crippen molar-refractivity contribution >= 4 is 46.9 Å². The highest BCUT2D eigenvalue weighted by atomic mass is 35.5. The Morgan fingerprint density at radius 3 is 2.43 bits per heavy atom. The van der Waals surface area contributed by atoms with Gasteiger partial charge < -0.3 is 5.32 Å². The molecule has 0 spiro atoms. The summed E-state index contributed by atoms with van der Waals surface area (Å²) in [5.74, 6) is -1.81. The van der Waals surface area contributed by atoms with Gasteiger partial charge in [0.2, 0.25) is 0 Å². The number of hydrogen-bond acceptors (Lipinski definition) is 3. The zero-order chi connectivity index (χ0) is 16.8. The second-order valence-electron chi connectivity index (χ2n) is 4.67. The summed E-state index contributed by atoms with van der Waals surface area (Å²) >= 11 is 11.8. The van der Waals surface area contributed by atoms with Gasteiger partial charge in [-0.05, 0) is 24.6 Å². The van der Waals surface area contributed by atoms with Crippen LogP contribution in [0.3, 0.4) is 0 Å². The van der Waals surface area contributed by atoms with E-state index < -0.39 is 11.8 Å². The number of aryl methyl sites for hydroxylation is 1. The molecule has 7 heteroatoms. The van der Waals surface area contributed by atoms with E-state index in [-0.39, 0.29) is 15.7 Å². The molecule has 0 saturated heterocycles. The summed E-state index contributed by atoms with van der Waals surface area (Å²) in [7, 11) is 0. The van der Waals surface area contributed by atoms with Crippen molar-refractivity contribution < 1.29 is 9.59 Å². The lowest BCUT2D eigenvalue weighted by Gasteiger charge is -2.06. The number of nitrogens with one attached hydrogen (secondary N) is 2. The number of halogens is 2. The molecule has 0 heterocycles. The van der Waals surface area contributed by atoms with Gasteiger partial charge >= 0.3 is 11.8 Å². The summed E-state index contributed by atoms with van der Waals surface area (Å²) < 4.78 is 0. The van der Waals surface area contributed by atoms with Crippen LogP contribution in [0.2, 0.25) is 10.0 Å². The van der Waals surface area contributed by atoms with Gasteiger partial charge in [-0.3, -0.25) is 9.59 Å². The number of benzene rings is 2. The number of anilines is 1. The molecule has 0 unspecified atom stereocenters. The molecule has 5 nitrogen and oxygen atoms in total. The number of carbonyl (C=O) groups excluding carboxylic acids is 2. The van der Waals surface area contributed by atoms with E-state index in [4.69, 9.17) is 23.2 Å². The van der Waals surface area contributed by atoms with Gasteiger partial charge in [-0.15, -0.1) is 0 Å². The molecule has 0 aromatic heterocycles. The van der Waals surface area contributed by atoms with Crippen molar-refractivity contribution in [2.75, 3.05) is 5.32 Å². The van der Waals surface area contributed by atoms with Crippen LogP contribution in [-0.4, -0.2) is 18.0 Å². The third-order valence-corrected chi connectivity index (χ3v) is 3.68. The Bertz CT molecular complexity index is 758. The Hall–Kier alpha value is -2.37. The van der Waals surface area contributed by atoms with Crippen LogP contribution in [0.4, 0.5) is 5.69 Å². The number of nitrogens with zero attached hydrogens (tertiary/aromatic N) is 1. The van der Waals surface area contributed by atoms with Crippen molar-refractivity contribution in [3.05, 3.63) is 63.6 Å². The first-order valence-corrected chi connectivity index (χ1v) is 7.38. The first-order valence-electron chi connectivity index (χ1n) is 6.62. The summed E-state index contributed by atoms with van der Waals surface area (Å²) in [4.78, 5) is 23.4. The second-order valence-corrected chi connectivity index (χ2v) is 5.45. The fourth-order valence-electron chi connectivity index (χ4n) is 1.65. The van der Waals surface area contributed by atoms with Crippen LogP contribution in [-0.2, 0) is 9.59 Å². The molecule has 2 aromatic rings. The number of carbonyl (C=O) groups is 2. The highest BCUT2D eigenvalue weighted by Gasteiger charge is 2.15. The van der Waals surface area contributed by atoms with Crippen LogP contribution in [0.5, 0.6) is 0 Å². The Labute approximate surface area is 143 Å². The zero-order valence-electron chi connectivity index (χ0n) is 12.1. The molecule has 2 amide bonds. The van der Waals surface area contributed by atoms with Crippen LogP contribution >= 0.6 is 23.2 Å². The van der Waals surface area contributed by atoms with E-state index in [0.29, 0.717) is 0 Å². The maximum absolute atomic E-state index is 11.8. The molecular weight excluding hydrogens is 337 g/mol. The third kappa shape index (κ3) is 4.81. The molecule has 2 N–H and O–H groups in total. The van der Waals surface area contributed by atoms with Crippen molar-refractivity contribution in [2.45, 2.75) is 6.92 Å². The van der Waals surface area contributed by atoms with Crippen LogP contribution in [0.25, 0.3) is 0 Å². The normalized spacial score (nSPS) is 10.6. The lowest BCUT2D eigenvalue weighted by atomic mass is 10.2. The topological polar surface area (TPSA) is 70.6 Å². The van der Waals surface area contributed by atoms with Gasteiger partial charge in [0.05, 0.1) is 21.9 Å². The van der Waals surface area contributed by atoms with Crippen LogP contribution in [0.15, 0.2) is 47.6 Å². The SMILES string of the molecule is Cc1ccc(/C=N\NC(=O)C(=O)Nc2cccc(Cl)c2Cl)cc1. The summed E-state index contributed by atoms with van der Waals surface area (Å²) in [5.41, 5.74) is 4.31. The minimum atomic E-state index is -0.913. The van der Waals surface area contributed by atoms with Crippen LogP contribution in [0, 0.1) is 6.92 Å². The quantitative estimate of drug-likeness (QED) is 0.506. The molecule has 0 radical (unpaired) electrons. The average Bonchev–Trinajstić information content (AvgIpc) is 2.53. The molecule has 0 atom stereocenters. The lowest BCUT2D eigenvalue weighted by molar-refractivity contribution is -0.136. The molecule has 0 aliphatic heterocycles. The predicted octanol–water partition coefficient (Wildman–Crippen LogP) is 3.39. The van der Waals surface area contributed by atoms with E-state index in [1.54, 1.807) is 12.1 Å². The lowest BCUT2D eigenvalue weighted by Crippen LogP contribution is -2.32. The Kier molecular flexibility index (Phi) is 5.73. The second kappa shape index (κ2) is 7.76. The Morgan fingerprint density at radius 1 is 1.04 bits per heavy atom. The molecule has 0 bridgehead atoms. The van der Waals surface area contributed by atoms with Gasteiger partial charge in [-0.25, -0.2) is 5.43 Å². The van der Waals surface area contributed by atoms with E-state index in [1.807, 2.05) is 31.2 Å². The van der Waals surface area contributed by atoms with Crippen LogP contribution in [0.1, 0.15) is 11.1 Å². The molecule has 0 aliphatic carbocycles. The smallest absolute Gasteiger partial charge is 0.316 e. The van der Waals surface area contributed by atoms with Gasteiger partial charge in [0.25, 0.3) is 0 Å². The fraction of sp³-hybridized carbons (Fsp3) is 0.0625. The van der Waals surface area contributed by atoms with Gasteiger partial charge in [0.1, 0.15) is 0 Å². The third-order valence-electron chi connectivity index (χ3n) is 2.86. The number of hydrogen-bond donors (Lipinski definition) is 2. The largest absolute Gasteiger partial charge is 0.329 e. The monoisotopic (exact) mass is 349 g/mol. The van der Waals surface area contributed by atoms with Crippen molar-refractivity contribution in [1.82, 2.24) is 5.43 Å².